The quantitative estimate of drug-likeness (QED) is 0.325. The smallest absolute Gasteiger partial charge is 0.0120 e. The van der Waals surface area contributed by atoms with Crippen LogP contribution in [0.25, 0.3) is 0 Å². The highest BCUT2D eigenvalue weighted by Gasteiger charge is 2.29. The molecule has 0 rings (SSSR count). The van der Waals surface area contributed by atoms with Crippen LogP contribution in [0.5, 0.6) is 0 Å². The van der Waals surface area contributed by atoms with Crippen LogP contribution in [0, 0.1) is 29.1 Å². The van der Waals surface area contributed by atoms with Crippen molar-refractivity contribution < 1.29 is 0 Å². The molecule has 0 saturated heterocycles. The second-order valence-corrected chi connectivity index (χ2v) is 8.06. The molecule has 0 saturated carbocycles. The molecule has 0 fully saturated rings. The maximum atomic E-state index is 4.50. The Kier molecular flexibility index (Phi) is 10.0. The van der Waals surface area contributed by atoms with Crippen molar-refractivity contribution in [3.05, 3.63) is 24.8 Å². The number of hydrogen-bond acceptors (Lipinski definition) is 0. The predicted molar refractivity (Wildman–Crippen MR) is 103 cm³/mol. The van der Waals surface area contributed by atoms with Gasteiger partial charge in [-0.25, -0.2) is 0 Å². The van der Waals surface area contributed by atoms with Gasteiger partial charge in [-0.15, -0.1) is 6.58 Å². The van der Waals surface area contributed by atoms with Crippen LogP contribution in [0.1, 0.15) is 87.0 Å². The molecule has 0 heterocycles. The highest BCUT2D eigenvalue weighted by molar-refractivity contribution is 5.08. The van der Waals surface area contributed by atoms with Crippen molar-refractivity contribution in [2.45, 2.75) is 87.0 Å². The molecule has 4 atom stereocenters. The lowest BCUT2D eigenvalue weighted by Gasteiger charge is -2.36. The van der Waals surface area contributed by atoms with Gasteiger partial charge >= 0.3 is 0 Å². The third-order valence-electron chi connectivity index (χ3n) is 6.25. The minimum Gasteiger partial charge on any atom is -0.103 e. The molecular formula is C22H42. The number of allylic oxidation sites excluding steroid dienone is 2. The van der Waals surface area contributed by atoms with Crippen LogP contribution in [-0.4, -0.2) is 0 Å². The van der Waals surface area contributed by atoms with Gasteiger partial charge in [0, 0.05) is 0 Å². The zero-order chi connectivity index (χ0) is 17.3. The van der Waals surface area contributed by atoms with E-state index in [-0.39, 0.29) is 0 Å². The van der Waals surface area contributed by atoms with E-state index >= 15 is 0 Å². The molecule has 0 aromatic rings. The van der Waals surface area contributed by atoms with Crippen LogP contribution in [0.3, 0.4) is 0 Å². The minimum absolute atomic E-state index is 0.442. The normalized spacial score (nSPS) is 18.5. The summed E-state index contributed by atoms with van der Waals surface area (Å²) in [6, 6.07) is 0. The number of unbranched alkanes of at least 4 members (excludes halogenated alkanes) is 1. The molecule has 0 heteroatoms. The Morgan fingerprint density at radius 2 is 1.73 bits per heavy atom. The Balaban J connectivity index is 4.87. The van der Waals surface area contributed by atoms with E-state index in [0.29, 0.717) is 23.2 Å². The van der Waals surface area contributed by atoms with Gasteiger partial charge in [-0.1, -0.05) is 92.4 Å². The first-order chi connectivity index (χ1) is 10.2. The second-order valence-electron chi connectivity index (χ2n) is 8.06. The molecular weight excluding hydrogens is 264 g/mol. The SMILES string of the molecule is C=CC(C)C(C(=C)CCC(C)(CC)C(C)C)C(C)CCCC. The summed E-state index contributed by atoms with van der Waals surface area (Å²) in [6.45, 7) is 25.0. The summed E-state index contributed by atoms with van der Waals surface area (Å²) >= 11 is 0. The zero-order valence-electron chi connectivity index (χ0n) is 16.5. The third-order valence-corrected chi connectivity index (χ3v) is 6.25. The van der Waals surface area contributed by atoms with Crippen molar-refractivity contribution >= 4 is 0 Å². The summed E-state index contributed by atoms with van der Waals surface area (Å²) < 4.78 is 0. The Morgan fingerprint density at radius 3 is 2.14 bits per heavy atom. The van der Waals surface area contributed by atoms with E-state index in [9.17, 15) is 0 Å². The number of rotatable bonds is 12. The van der Waals surface area contributed by atoms with E-state index in [4.69, 9.17) is 0 Å². The molecule has 22 heavy (non-hydrogen) atoms. The van der Waals surface area contributed by atoms with Gasteiger partial charge in [0.2, 0.25) is 0 Å². The molecule has 0 aromatic heterocycles. The maximum absolute atomic E-state index is 4.50. The fourth-order valence-corrected chi connectivity index (χ4v) is 3.63. The van der Waals surface area contributed by atoms with Gasteiger partial charge in [0.1, 0.15) is 0 Å². The summed E-state index contributed by atoms with van der Waals surface area (Å²) in [5.41, 5.74) is 1.90. The average molecular weight is 307 g/mol. The summed E-state index contributed by atoms with van der Waals surface area (Å²) in [7, 11) is 0. The van der Waals surface area contributed by atoms with E-state index in [1.165, 1.54) is 44.1 Å². The topological polar surface area (TPSA) is 0 Å². The van der Waals surface area contributed by atoms with E-state index < -0.39 is 0 Å². The van der Waals surface area contributed by atoms with Crippen LogP contribution in [0.4, 0.5) is 0 Å². The third kappa shape index (κ3) is 6.31. The van der Waals surface area contributed by atoms with Crippen molar-refractivity contribution in [2.75, 3.05) is 0 Å². The molecule has 0 amide bonds. The molecule has 0 N–H and O–H groups in total. The van der Waals surface area contributed by atoms with Crippen LogP contribution < -0.4 is 0 Å². The fourth-order valence-electron chi connectivity index (χ4n) is 3.63. The van der Waals surface area contributed by atoms with Crippen LogP contribution in [0.2, 0.25) is 0 Å². The largest absolute Gasteiger partial charge is 0.103 e. The first-order valence-electron chi connectivity index (χ1n) is 9.53. The maximum Gasteiger partial charge on any atom is -0.0120 e. The molecule has 130 valence electrons. The minimum atomic E-state index is 0.442. The van der Waals surface area contributed by atoms with Gasteiger partial charge in [0.25, 0.3) is 0 Å². The first kappa shape index (κ1) is 21.5. The van der Waals surface area contributed by atoms with Crippen LogP contribution in [0.15, 0.2) is 24.8 Å². The summed E-state index contributed by atoms with van der Waals surface area (Å²) in [4.78, 5) is 0. The average Bonchev–Trinajstić information content (AvgIpc) is 2.50. The fraction of sp³-hybridized carbons (Fsp3) is 0.818. The second kappa shape index (κ2) is 10.3. The lowest BCUT2D eigenvalue weighted by Crippen LogP contribution is -2.25. The van der Waals surface area contributed by atoms with Crippen molar-refractivity contribution in [1.29, 1.82) is 0 Å². The van der Waals surface area contributed by atoms with Crippen molar-refractivity contribution in [2.24, 2.45) is 29.1 Å². The standard InChI is InChI=1S/C22H42/c1-10-13-14-19(7)21(18(6)11-2)20(8)15-16-22(9,12-3)17(4)5/h11,17-19,21H,2,8,10,12-16H2,1,3-7,9H3. The van der Waals surface area contributed by atoms with Crippen LogP contribution in [-0.2, 0) is 0 Å². The molecule has 0 aromatic carbocycles. The van der Waals surface area contributed by atoms with E-state index in [1.807, 2.05) is 0 Å². The molecule has 0 aliphatic rings. The van der Waals surface area contributed by atoms with Gasteiger partial charge in [-0.05, 0) is 41.9 Å². The Labute approximate surface area is 141 Å². The Hall–Kier alpha value is -0.520. The predicted octanol–water partition coefficient (Wildman–Crippen LogP) is 7.66. The molecule has 0 nitrogen and oxygen atoms in total. The molecule has 0 radical (unpaired) electrons. The lowest BCUT2D eigenvalue weighted by atomic mass is 9.70. The Morgan fingerprint density at radius 1 is 1.14 bits per heavy atom. The Bertz CT molecular complexity index is 325. The van der Waals surface area contributed by atoms with Gasteiger partial charge in [0.05, 0.1) is 0 Å². The molecule has 4 unspecified atom stereocenters. The summed E-state index contributed by atoms with van der Waals surface area (Å²) in [6.07, 6.45) is 9.74. The first-order valence-corrected chi connectivity index (χ1v) is 9.53. The van der Waals surface area contributed by atoms with Gasteiger partial charge in [-0.3, -0.25) is 0 Å². The zero-order valence-corrected chi connectivity index (χ0v) is 16.5. The van der Waals surface area contributed by atoms with E-state index in [2.05, 4.69) is 67.7 Å². The van der Waals surface area contributed by atoms with Gasteiger partial charge in [0.15, 0.2) is 0 Å². The summed E-state index contributed by atoms with van der Waals surface area (Å²) in [5.74, 6) is 2.58. The highest BCUT2D eigenvalue weighted by atomic mass is 14.3. The molecule has 0 bridgehead atoms. The lowest BCUT2D eigenvalue weighted by molar-refractivity contribution is 0.185. The van der Waals surface area contributed by atoms with Gasteiger partial charge < -0.3 is 0 Å². The molecule has 0 spiro atoms. The van der Waals surface area contributed by atoms with Crippen LogP contribution >= 0.6 is 0 Å². The van der Waals surface area contributed by atoms with Crippen molar-refractivity contribution in [3.8, 4) is 0 Å². The van der Waals surface area contributed by atoms with E-state index in [1.54, 1.807) is 0 Å². The van der Waals surface area contributed by atoms with E-state index in [0.717, 1.165) is 5.92 Å². The highest BCUT2D eigenvalue weighted by Crippen LogP contribution is 2.40. The summed E-state index contributed by atoms with van der Waals surface area (Å²) in [5, 5.41) is 0. The number of hydrogen-bond donors (Lipinski definition) is 0. The molecule has 0 aliphatic heterocycles. The monoisotopic (exact) mass is 306 g/mol. The van der Waals surface area contributed by atoms with Crippen molar-refractivity contribution in [3.63, 3.8) is 0 Å². The molecule has 0 aliphatic carbocycles. The van der Waals surface area contributed by atoms with Gasteiger partial charge in [-0.2, -0.15) is 0 Å². The van der Waals surface area contributed by atoms with Crippen molar-refractivity contribution in [1.82, 2.24) is 0 Å².